The number of halogens is 2. The maximum atomic E-state index is 12.5. The number of para-hydroxylation sites is 1. The van der Waals surface area contributed by atoms with Crippen LogP contribution in [0.2, 0.25) is 10.0 Å². The number of amides is 1. The van der Waals surface area contributed by atoms with Crippen LogP contribution in [0.15, 0.2) is 36.4 Å². The molecule has 0 heterocycles. The first-order chi connectivity index (χ1) is 12.3. The highest BCUT2D eigenvalue weighted by Gasteiger charge is 2.20. The number of nitrogens with zero attached hydrogens (tertiary/aromatic N) is 1. The zero-order valence-corrected chi connectivity index (χ0v) is 16.7. The first-order valence-corrected chi connectivity index (χ1v) is 8.78. The van der Waals surface area contributed by atoms with Crippen molar-refractivity contribution in [3.05, 3.63) is 52.0 Å². The third-order valence-electron chi connectivity index (χ3n) is 4.07. The summed E-state index contributed by atoms with van der Waals surface area (Å²) < 4.78 is 10.8. The van der Waals surface area contributed by atoms with Crippen molar-refractivity contribution in [2.45, 2.75) is 19.5 Å². The molecule has 0 aromatic heterocycles. The first kappa shape index (κ1) is 20.4. The molecule has 26 heavy (non-hydrogen) atoms. The molecule has 0 saturated heterocycles. The molecule has 0 radical (unpaired) electrons. The Hall–Kier alpha value is -1.95. The predicted octanol–water partition coefficient (Wildman–Crippen LogP) is 4.47. The van der Waals surface area contributed by atoms with Crippen LogP contribution in [-0.4, -0.2) is 38.1 Å². The topological polar surface area (TPSA) is 50.8 Å². The molecular formula is C19H22Cl2N2O3. The van der Waals surface area contributed by atoms with Gasteiger partial charge in [0.1, 0.15) is 0 Å². The Morgan fingerprint density at radius 2 is 1.81 bits per heavy atom. The van der Waals surface area contributed by atoms with Crippen molar-refractivity contribution < 1.29 is 14.3 Å². The number of methoxy groups -OCH3 is 2. The van der Waals surface area contributed by atoms with E-state index in [1.165, 1.54) is 0 Å². The van der Waals surface area contributed by atoms with E-state index in [9.17, 15) is 4.79 Å². The van der Waals surface area contributed by atoms with Crippen molar-refractivity contribution in [3.8, 4) is 11.5 Å². The highest BCUT2D eigenvalue weighted by atomic mass is 35.5. The zero-order valence-electron chi connectivity index (χ0n) is 15.2. The number of benzene rings is 2. The quantitative estimate of drug-likeness (QED) is 0.749. The van der Waals surface area contributed by atoms with Gasteiger partial charge in [0, 0.05) is 27.8 Å². The Balaban J connectivity index is 2.09. The molecule has 2 aromatic carbocycles. The summed E-state index contributed by atoms with van der Waals surface area (Å²) in [6, 6.07) is 10.2. The molecular weight excluding hydrogens is 375 g/mol. The van der Waals surface area contributed by atoms with Crippen molar-refractivity contribution in [2.24, 2.45) is 0 Å². The van der Waals surface area contributed by atoms with E-state index >= 15 is 0 Å². The van der Waals surface area contributed by atoms with Crippen LogP contribution >= 0.6 is 23.2 Å². The van der Waals surface area contributed by atoms with Crippen LogP contribution in [0.5, 0.6) is 11.5 Å². The van der Waals surface area contributed by atoms with Crippen molar-refractivity contribution in [1.82, 2.24) is 4.90 Å². The Bertz CT molecular complexity index is 763. The van der Waals surface area contributed by atoms with Gasteiger partial charge in [-0.1, -0.05) is 35.3 Å². The van der Waals surface area contributed by atoms with Crippen LogP contribution < -0.4 is 14.8 Å². The normalized spacial score (nSPS) is 12.0. The Labute approximate surface area is 163 Å². The monoisotopic (exact) mass is 396 g/mol. The van der Waals surface area contributed by atoms with Gasteiger partial charge >= 0.3 is 0 Å². The molecule has 0 bridgehead atoms. The minimum atomic E-state index is -0.385. The lowest BCUT2D eigenvalue weighted by molar-refractivity contribution is -0.120. The van der Waals surface area contributed by atoms with Crippen LogP contribution in [0.3, 0.4) is 0 Å². The fraction of sp³-hybridized carbons (Fsp3) is 0.316. The van der Waals surface area contributed by atoms with E-state index in [0.717, 1.165) is 5.56 Å². The molecule has 0 fully saturated rings. The molecule has 0 saturated carbocycles. The first-order valence-electron chi connectivity index (χ1n) is 8.02. The van der Waals surface area contributed by atoms with Gasteiger partial charge in [-0.05, 0) is 38.2 Å². The summed E-state index contributed by atoms with van der Waals surface area (Å²) in [6.45, 7) is 2.35. The summed E-state index contributed by atoms with van der Waals surface area (Å²) in [7, 11) is 5.06. The molecule has 140 valence electrons. The molecule has 5 nitrogen and oxygen atoms in total. The van der Waals surface area contributed by atoms with E-state index in [2.05, 4.69) is 5.32 Å². The molecule has 2 aromatic rings. The highest BCUT2D eigenvalue weighted by Crippen LogP contribution is 2.31. The van der Waals surface area contributed by atoms with E-state index in [0.29, 0.717) is 33.8 Å². The smallest absolute Gasteiger partial charge is 0.241 e. The van der Waals surface area contributed by atoms with E-state index in [1.54, 1.807) is 32.4 Å². The van der Waals surface area contributed by atoms with Gasteiger partial charge < -0.3 is 14.8 Å². The summed E-state index contributed by atoms with van der Waals surface area (Å²) in [4.78, 5) is 14.5. The van der Waals surface area contributed by atoms with Gasteiger partial charge in [0.05, 0.1) is 20.3 Å². The van der Waals surface area contributed by atoms with Crippen molar-refractivity contribution >= 4 is 34.8 Å². The third-order valence-corrected chi connectivity index (χ3v) is 4.51. The lowest BCUT2D eigenvalue weighted by Crippen LogP contribution is -2.39. The summed E-state index contributed by atoms with van der Waals surface area (Å²) in [5.74, 6) is 1.16. The summed E-state index contributed by atoms with van der Waals surface area (Å²) in [5, 5.41) is 3.77. The zero-order chi connectivity index (χ0) is 19.3. The minimum Gasteiger partial charge on any atom is -0.493 e. The second-order valence-corrected chi connectivity index (χ2v) is 6.76. The number of hydrogen-bond donors (Lipinski definition) is 1. The summed E-state index contributed by atoms with van der Waals surface area (Å²) in [6.07, 6.45) is 0. The van der Waals surface area contributed by atoms with Gasteiger partial charge in [-0.15, -0.1) is 0 Å². The fourth-order valence-electron chi connectivity index (χ4n) is 2.56. The minimum absolute atomic E-state index is 0.160. The largest absolute Gasteiger partial charge is 0.493 e. The molecule has 0 aliphatic carbocycles. The standard InChI is InChI=1S/C19H22Cl2N2O3/c1-12(19(24)22-16-9-14(20)8-15(21)10-16)23(2)11-13-6-5-7-17(25-3)18(13)26-4/h5-10,12H,11H2,1-4H3,(H,22,24)/t12-/m1/s1. The average molecular weight is 397 g/mol. The van der Waals surface area contributed by atoms with Crippen molar-refractivity contribution in [1.29, 1.82) is 0 Å². The number of nitrogens with one attached hydrogen (secondary N) is 1. The number of likely N-dealkylation sites (N-methyl/N-ethyl adjacent to an activating group) is 1. The van der Waals surface area contributed by atoms with Gasteiger partial charge in [-0.3, -0.25) is 9.69 Å². The Kier molecular flexibility index (Phi) is 7.14. The molecule has 1 atom stereocenters. The van der Waals surface area contributed by atoms with E-state index in [-0.39, 0.29) is 11.9 Å². The van der Waals surface area contributed by atoms with Crippen molar-refractivity contribution in [3.63, 3.8) is 0 Å². The number of carbonyl (C=O) groups excluding carboxylic acids is 1. The Morgan fingerprint density at radius 1 is 1.15 bits per heavy atom. The second-order valence-electron chi connectivity index (χ2n) is 5.89. The molecule has 2 rings (SSSR count). The summed E-state index contributed by atoms with van der Waals surface area (Å²) in [5.41, 5.74) is 1.49. The van der Waals surface area contributed by atoms with Gasteiger partial charge in [0.15, 0.2) is 11.5 Å². The molecule has 0 spiro atoms. The fourth-order valence-corrected chi connectivity index (χ4v) is 3.08. The molecule has 0 aliphatic rings. The molecule has 0 unspecified atom stereocenters. The van der Waals surface area contributed by atoms with E-state index in [1.807, 2.05) is 37.1 Å². The molecule has 7 heteroatoms. The van der Waals surface area contributed by atoms with Crippen LogP contribution in [-0.2, 0) is 11.3 Å². The number of anilines is 1. The maximum absolute atomic E-state index is 12.5. The van der Waals surface area contributed by atoms with Crippen LogP contribution in [0.25, 0.3) is 0 Å². The van der Waals surface area contributed by atoms with Gasteiger partial charge in [-0.2, -0.15) is 0 Å². The maximum Gasteiger partial charge on any atom is 0.241 e. The van der Waals surface area contributed by atoms with Crippen molar-refractivity contribution in [2.75, 3.05) is 26.6 Å². The van der Waals surface area contributed by atoms with E-state index in [4.69, 9.17) is 32.7 Å². The number of carbonyl (C=O) groups is 1. The van der Waals surface area contributed by atoms with Crippen LogP contribution in [0, 0.1) is 0 Å². The van der Waals surface area contributed by atoms with Gasteiger partial charge in [0.25, 0.3) is 0 Å². The number of rotatable bonds is 7. The molecule has 0 aliphatic heterocycles. The predicted molar refractivity (Wildman–Crippen MR) is 106 cm³/mol. The second kappa shape index (κ2) is 9.12. The lowest BCUT2D eigenvalue weighted by atomic mass is 10.1. The van der Waals surface area contributed by atoms with Crippen LogP contribution in [0.1, 0.15) is 12.5 Å². The highest BCUT2D eigenvalue weighted by molar-refractivity contribution is 6.35. The van der Waals surface area contributed by atoms with E-state index < -0.39 is 0 Å². The lowest BCUT2D eigenvalue weighted by Gasteiger charge is -2.25. The van der Waals surface area contributed by atoms with Crippen LogP contribution in [0.4, 0.5) is 5.69 Å². The number of ether oxygens (including phenoxy) is 2. The Morgan fingerprint density at radius 3 is 2.38 bits per heavy atom. The van der Waals surface area contributed by atoms with Gasteiger partial charge in [0.2, 0.25) is 5.91 Å². The average Bonchev–Trinajstić information content (AvgIpc) is 2.59. The SMILES string of the molecule is COc1cccc(CN(C)[C@H](C)C(=O)Nc2cc(Cl)cc(Cl)c2)c1OC. The molecule has 1 N–H and O–H groups in total. The number of hydrogen-bond acceptors (Lipinski definition) is 4. The van der Waals surface area contributed by atoms with Gasteiger partial charge in [-0.25, -0.2) is 0 Å². The third kappa shape index (κ3) is 5.04. The molecule has 1 amide bonds. The summed E-state index contributed by atoms with van der Waals surface area (Å²) >= 11 is 11.9.